The van der Waals surface area contributed by atoms with Crippen LogP contribution in [0.5, 0.6) is 0 Å². The van der Waals surface area contributed by atoms with Crippen LogP contribution in [0, 0.1) is 6.92 Å². The average molecular weight is 341 g/mol. The van der Waals surface area contributed by atoms with Gasteiger partial charge in [0, 0.05) is 10.5 Å². The summed E-state index contributed by atoms with van der Waals surface area (Å²) in [4.78, 5) is 4.34. The fraction of sp³-hybridized carbons (Fsp3) is 0.385. The lowest BCUT2D eigenvalue weighted by Crippen LogP contribution is -2.25. The van der Waals surface area contributed by atoms with Crippen LogP contribution in [-0.4, -0.2) is 21.2 Å². The van der Waals surface area contributed by atoms with Crippen LogP contribution in [0.4, 0.5) is 0 Å². The topological polar surface area (TPSA) is 67.6 Å². The molecule has 0 aliphatic heterocycles. The monoisotopic (exact) mass is 340 g/mol. The van der Waals surface area contributed by atoms with Gasteiger partial charge in [0.15, 0.2) is 0 Å². The van der Waals surface area contributed by atoms with Crippen LogP contribution < -0.4 is 5.73 Å². The van der Waals surface area contributed by atoms with Crippen LogP contribution in [0.2, 0.25) is 0 Å². The van der Waals surface area contributed by atoms with Crippen molar-refractivity contribution in [2.75, 3.05) is 0 Å². The first-order chi connectivity index (χ1) is 9.10. The van der Waals surface area contributed by atoms with Crippen molar-refractivity contribution < 1.29 is 0 Å². The molecule has 0 aliphatic rings. The van der Waals surface area contributed by atoms with E-state index in [0.717, 1.165) is 21.9 Å². The number of thioether (sulfide) groups is 1. The molecule has 0 bridgehead atoms. The maximum atomic E-state index is 6.24. The Morgan fingerprint density at radius 2 is 2.05 bits per heavy atom. The van der Waals surface area contributed by atoms with Crippen LogP contribution in [0.25, 0.3) is 0 Å². The molecule has 0 saturated heterocycles. The molecule has 2 aromatic rings. The van der Waals surface area contributed by atoms with E-state index in [0.29, 0.717) is 0 Å². The maximum Gasteiger partial charge on any atom is 0.209 e. The number of nitrogens with two attached hydrogens (primary N) is 1. The van der Waals surface area contributed by atoms with Gasteiger partial charge < -0.3 is 5.73 Å². The second kappa shape index (κ2) is 6.54. The zero-order valence-electron chi connectivity index (χ0n) is 10.9. The van der Waals surface area contributed by atoms with Crippen LogP contribution >= 0.6 is 27.7 Å². The van der Waals surface area contributed by atoms with Gasteiger partial charge in [0.25, 0.3) is 0 Å². The van der Waals surface area contributed by atoms with Gasteiger partial charge in [-0.2, -0.15) is 0 Å². The van der Waals surface area contributed by atoms with Crippen molar-refractivity contribution in [3.05, 3.63) is 40.1 Å². The number of aromatic nitrogens is 3. The SMILES string of the molecule is CCC(N)C(Sc1n[nH]c(C)n1)c1ccc(Br)cc1. The fourth-order valence-corrected chi connectivity index (χ4v) is 3.20. The fourth-order valence-electron chi connectivity index (χ4n) is 1.76. The minimum absolute atomic E-state index is 0.0741. The van der Waals surface area contributed by atoms with Gasteiger partial charge in [-0.15, -0.1) is 5.10 Å². The number of nitrogens with one attached hydrogen (secondary N) is 1. The van der Waals surface area contributed by atoms with Gasteiger partial charge in [-0.05, 0) is 31.0 Å². The quantitative estimate of drug-likeness (QED) is 0.818. The molecule has 2 rings (SSSR count). The van der Waals surface area contributed by atoms with Crippen LogP contribution in [0.15, 0.2) is 33.9 Å². The van der Waals surface area contributed by atoms with Crippen LogP contribution in [0.1, 0.15) is 30.0 Å². The average Bonchev–Trinajstić information content (AvgIpc) is 2.82. The first-order valence-electron chi connectivity index (χ1n) is 6.17. The van der Waals surface area contributed by atoms with Crippen molar-refractivity contribution in [3.8, 4) is 0 Å². The number of aromatic amines is 1. The summed E-state index contributed by atoms with van der Waals surface area (Å²) in [6.07, 6.45) is 0.914. The number of nitrogens with zero attached hydrogens (tertiary/aromatic N) is 2. The van der Waals surface area contributed by atoms with Gasteiger partial charge in [0.2, 0.25) is 5.16 Å². The van der Waals surface area contributed by atoms with E-state index in [1.165, 1.54) is 5.56 Å². The van der Waals surface area contributed by atoms with Crippen LogP contribution in [0.3, 0.4) is 0 Å². The van der Waals surface area contributed by atoms with Crippen molar-refractivity contribution in [1.82, 2.24) is 15.2 Å². The highest BCUT2D eigenvalue weighted by atomic mass is 79.9. The minimum atomic E-state index is 0.0741. The van der Waals surface area contributed by atoms with Gasteiger partial charge in [-0.1, -0.05) is 46.7 Å². The first kappa shape index (κ1) is 14.6. The van der Waals surface area contributed by atoms with Gasteiger partial charge >= 0.3 is 0 Å². The number of benzene rings is 1. The molecule has 1 aromatic carbocycles. The Labute approximate surface area is 125 Å². The molecule has 1 heterocycles. The molecular formula is C13H17BrN4S. The van der Waals surface area contributed by atoms with E-state index in [2.05, 4.69) is 50.2 Å². The Balaban J connectivity index is 2.23. The van der Waals surface area contributed by atoms with E-state index in [-0.39, 0.29) is 11.3 Å². The van der Waals surface area contributed by atoms with E-state index < -0.39 is 0 Å². The molecule has 2 atom stereocenters. The van der Waals surface area contributed by atoms with E-state index in [1.54, 1.807) is 11.8 Å². The molecule has 4 nitrogen and oxygen atoms in total. The molecule has 0 amide bonds. The third kappa shape index (κ3) is 3.81. The van der Waals surface area contributed by atoms with Gasteiger partial charge in [0.1, 0.15) is 5.82 Å². The first-order valence-corrected chi connectivity index (χ1v) is 7.84. The zero-order chi connectivity index (χ0) is 13.8. The molecule has 0 aliphatic carbocycles. The molecule has 6 heteroatoms. The highest BCUT2D eigenvalue weighted by Gasteiger charge is 2.21. The summed E-state index contributed by atoms with van der Waals surface area (Å²) >= 11 is 5.06. The molecule has 3 N–H and O–H groups in total. The Bertz CT molecular complexity index is 526. The van der Waals surface area contributed by atoms with Crippen LogP contribution in [-0.2, 0) is 0 Å². The Kier molecular flexibility index (Phi) is 5.01. The molecule has 19 heavy (non-hydrogen) atoms. The lowest BCUT2D eigenvalue weighted by molar-refractivity contribution is 0.632. The third-order valence-corrected chi connectivity index (χ3v) is 4.67. The number of H-pyrrole nitrogens is 1. The van der Waals surface area contributed by atoms with Gasteiger partial charge in [-0.3, -0.25) is 5.10 Å². The smallest absolute Gasteiger partial charge is 0.209 e. The van der Waals surface area contributed by atoms with E-state index in [1.807, 2.05) is 19.1 Å². The highest BCUT2D eigenvalue weighted by Crippen LogP contribution is 2.36. The standard InChI is InChI=1S/C13H17BrN4S/c1-3-11(15)12(9-4-6-10(14)7-5-9)19-13-16-8(2)17-18-13/h4-7,11-12H,3,15H2,1-2H3,(H,16,17,18). The van der Waals surface area contributed by atoms with Crippen molar-refractivity contribution in [3.63, 3.8) is 0 Å². The second-order valence-corrected chi connectivity index (χ2v) is 6.39. The molecule has 102 valence electrons. The van der Waals surface area contributed by atoms with Crippen molar-refractivity contribution in [1.29, 1.82) is 0 Å². The molecule has 1 aromatic heterocycles. The van der Waals surface area contributed by atoms with Crippen molar-refractivity contribution in [2.24, 2.45) is 5.73 Å². The van der Waals surface area contributed by atoms with Crippen molar-refractivity contribution >= 4 is 27.7 Å². The summed E-state index contributed by atoms with van der Waals surface area (Å²) < 4.78 is 1.07. The highest BCUT2D eigenvalue weighted by molar-refractivity contribution is 9.10. The summed E-state index contributed by atoms with van der Waals surface area (Å²) in [7, 11) is 0. The summed E-state index contributed by atoms with van der Waals surface area (Å²) in [5, 5.41) is 7.94. The number of hydrogen-bond acceptors (Lipinski definition) is 4. The molecule has 0 fully saturated rings. The normalized spacial score (nSPS) is 14.3. The molecular weight excluding hydrogens is 324 g/mol. The van der Waals surface area contributed by atoms with Gasteiger partial charge in [0.05, 0.1) is 5.25 Å². The Morgan fingerprint density at radius 3 is 2.58 bits per heavy atom. The molecule has 2 unspecified atom stereocenters. The number of hydrogen-bond donors (Lipinski definition) is 2. The second-order valence-electron chi connectivity index (χ2n) is 4.37. The molecule has 0 radical (unpaired) electrons. The van der Waals surface area contributed by atoms with E-state index in [9.17, 15) is 0 Å². The largest absolute Gasteiger partial charge is 0.326 e. The predicted octanol–water partition coefficient (Wildman–Crippen LogP) is 3.45. The van der Waals surface area contributed by atoms with E-state index >= 15 is 0 Å². The Hall–Kier alpha value is -0.850. The zero-order valence-corrected chi connectivity index (χ0v) is 13.3. The number of halogens is 1. The lowest BCUT2D eigenvalue weighted by atomic mass is 10.0. The summed E-state index contributed by atoms with van der Waals surface area (Å²) in [5.74, 6) is 0.821. The third-order valence-electron chi connectivity index (χ3n) is 2.87. The minimum Gasteiger partial charge on any atom is -0.326 e. The lowest BCUT2D eigenvalue weighted by Gasteiger charge is -2.21. The molecule has 0 spiro atoms. The van der Waals surface area contributed by atoms with Gasteiger partial charge in [-0.25, -0.2) is 4.98 Å². The summed E-state index contributed by atoms with van der Waals surface area (Å²) in [5.41, 5.74) is 7.44. The summed E-state index contributed by atoms with van der Waals surface area (Å²) in [6, 6.07) is 8.33. The maximum absolute atomic E-state index is 6.24. The Morgan fingerprint density at radius 1 is 1.37 bits per heavy atom. The van der Waals surface area contributed by atoms with E-state index in [4.69, 9.17) is 5.73 Å². The number of rotatable bonds is 5. The number of aryl methyl sites for hydroxylation is 1. The summed E-state index contributed by atoms with van der Waals surface area (Å²) in [6.45, 7) is 3.99. The predicted molar refractivity (Wildman–Crippen MR) is 82.1 cm³/mol. The molecule has 0 saturated carbocycles. The van der Waals surface area contributed by atoms with Crippen molar-refractivity contribution in [2.45, 2.75) is 36.7 Å².